The van der Waals surface area contributed by atoms with Gasteiger partial charge in [0.2, 0.25) is 5.91 Å². The molecule has 2 aromatic carbocycles. The lowest BCUT2D eigenvalue weighted by atomic mass is 9.90. The zero-order chi connectivity index (χ0) is 16.4. The lowest BCUT2D eigenvalue weighted by Crippen LogP contribution is -2.27. The van der Waals surface area contributed by atoms with Crippen molar-refractivity contribution in [1.82, 2.24) is 0 Å². The molecule has 0 spiro atoms. The van der Waals surface area contributed by atoms with Crippen molar-refractivity contribution in [1.29, 1.82) is 0 Å². The molecule has 4 nitrogen and oxygen atoms in total. The van der Waals surface area contributed by atoms with E-state index in [2.05, 4.69) is 5.32 Å². The van der Waals surface area contributed by atoms with E-state index in [1.165, 1.54) is 0 Å². The molecular formula is C19H21ClN2O2. The number of carbonyl (C=O) groups excluding carboxylic acids is 2. The molecular weight excluding hydrogens is 324 g/mol. The van der Waals surface area contributed by atoms with Crippen molar-refractivity contribution in [3.63, 3.8) is 0 Å². The van der Waals surface area contributed by atoms with Crippen LogP contribution in [0.1, 0.15) is 45.9 Å². The fourth-order valence-electron chi connectivity index (χ4n) is 2.85. The summed E-state index contributed by atoms with van der Waals surface area (Å²) in [5.41, 5.74) is 10.3. The average Bonchev–Trinajstić information content (AvgIpc) is 2.55. The van der Waals surface area contributed by atoms with Crippen LogP contribution in [0.3, 0.4) is 0 Å². The van der Waals surface area contributed by atoms with Gasteiger partial charge in [0.15, 0.2) is 5.78 Å². The summed E-state index contributed by atoms with van der Waals surface area (Å²) in [5.74, 6) is -0.137. The third-order valence-corrected chi connectivity index (χ3v) is 4.25. The Morgan fingerprint density at radius 1 is 1.12 bits per heavy atom. The smallest absolute Gasteiger partial charge is 0.245 e. The predicted octanol–water partition coefficient (Wildman–Crippen LogP) is 3.57. The third-order valence-electron chi connectivity index (χ3n) is 4.25. The standard InChI is InChI=1S/C19H20N2O2.ClH/c1-12-5-7-14(8-6-12)18(20)19(23)21-15-10-9-13-3-2-4-17(22)16(13)11-15;/h5-11,18H,2-4,20H2,1H3,(H,21,23);1H. The first-order chi connectivity index (χ1) is 11.0. The molecule has 2 aromatic rings. The molecule has 0 aromatic heterocycles. The lowest BCUT2D eigenvalue weighted by Gasteiger charge is -2.17. The van der Waals surface area contributed by atoms with Crippen LogP contribution in [0.2, 0.25) is 0 Å². The molecule has 0 radical (unpaired) electrons. The zero-order valence-electron chi connectivity index (χ0n) is 13.5. The summed E-state index contributed by atoms with van der Waals surface area (Å²) in [7, 11) is 0. The minimum atomic E-state index is -0.734. The van der Waals surface area contributed by atoms with Crippen LogP contribution < -0.4 is 11.1 Å². The van der Waals surface area contributed by atoms with Gasteiger partial charge in [-0.15, -0.1) is 12.4 Å². The Labute approximate surface area is 147 Å². The predicted molar refractivity (Wildman–Crippen MR) is 97.7 cm³/mol. The van der Waals surface area contributed by atoms with Crippen LogP contribution in [-0.4, -0.2) is 11.7 Å². The maximum Gasteiger partial charge on any atom is 0.245 e. The zero-order valence-corrected chi connectivity index (χ0v) is 14.4. The van der Waals surface area contributed by atoms with Crippen LogP contribution >= 0.6 is 12.4 Å². The second kappa shape index (κ2) is 7.60. The number of hydrogen-bond acceptors (Lipinski definition) is 3. The molecule has 0 heterocycles. The van der Waals surface area contributed by atoms with Gasteiger partial charge in [-0.2, -0.15) is 0 Å². The highest BCUT2D eigenvalue weighted by molar-refractivity contribution is 6.01. The summed E-state index contributed by atoms with van der Waals surface area (Å²) in [4.78, 5) is 24.3. The highest BCUT2D eigenvalue weighted by Gasteiger charge is 2.19. The average molecular weight is 345 g/mol. The summed E-state index contributed by atoms with van der Waals surface area (Å²) in [5, 5.41) is 2.81. The Balaban J connectivity index is 0.00000208. The van der Waals surface area contributed by atoms with Crippen molar-refractivity contribution in [3.8, 4) is 0 Å². The minimum absolute atomic E-state index is 0. The van der Waals surface area contributed by atoms with E-state index in [-0.39, 0.29) is 24.1 Å². The summed E-state index contributed by atoms with van der Waals surface area (Å²) in [6.07, 6.45) is 2.39. The molecule has 0 aliphatic heterocycles. The normalized spacial score (nSPS) is 14.3. The summed E-state index contributed by atoms with van der Waals surface area (Å²) < 4.78 is 0. The number of fused-ring (bicyclic) bond motifs is 1. The largest absolute Gasteiger partial charge is 0.324 e. The van der Waals surface area contributed by atoms with E-state index in [1.807, 2.05) is 43.3 Å². The number of halogens is 1. The highest BCUT2D eigenvalue weighted by atomic mass is 35.5. The first kappa shape index (κ1) is 18.2. The number of nitrogens with one attached hydrogen (secondary N) is 1. The van der Waals surface area contributed by atoms with Gasteiger partial charge in [0, 0.05) is 17.7 Å². The van der Waals surface area contributed by atoms with Gasteiger partial charge < -0.3 is 11.1 Å². The van der Waals surface area contributed by atoms with Gasteiger partial charge in [-0.3, -0.25) is 9.59 Å². The maximum atomic E-state index is 12.3. The second-order valence-electron chi connectivity index (χ2n) is 6.03. The van der Waals surface area contributed by atoms with Gasteiger partial charge in [0.25, 0.3) is 0 Å². The molecule has 0 bridgehead atoms. The quantitative estimate of drug-likeness (QED) is 0.894. The van der Waals surface area contributed by atoms with Crippen LogP contribution in [0, 0.1) is 6.92 Å². The Hall–Kier alpha value is -2.17. The molecule has 24 heavy (non-hydrogen) atoms. The van der Waals surface area contributed by atoms with Crippen LogP contribution in [0.15, 0.2) is 42.5 Å². The Morgan fingerprint density at radius 2 is 1.83 bits per heavy atom. The van der Waals surface area contributed by atoms with Crippen LogP contribution in [0.4, 0.5) is 5.69 Å². The third kappa shape index (κ3) is 3.83. The van der Waals surface area contributed by atoms with E-state index < -0.39 is 6.04 Å². The minimum Gasteiger partial charge on any atom is -0.324 e. The maximum absolute atomic E-state index is 12.3. The number of benzene rings is 2. The van der Waals surface area contributed by atoms with E-state index in [4.69, 9.17) is 5.73 Å². The van der Waals surface area contributed by atoms with Gasteiger partial charge in [0.1, 0.15) is 6.04 Å². The molecule has 0 fully saturated rings. The van der Waals surface area contributed by atoms with E-state index in [9.17, 15) is 9.59 Å². The molecule has 0 saturated carbocycles. The van der Waals surface area contributed by atoms with Crippen molar-refractivity contribution < 1.29 is 9.59 Å². The van der Waals surface area contributed by atoms with E-state index in [1.54, 1.807) is 6.07 Å². The van der Waals surface area contributed by atoms with Gasteiger partial charge in [0.05, 0.1) is 0 Å². The van der Waals surface area contributed by atoms with Crippen LogP contribution in [-0.2, 0) is 11.2 Å². The fraction of sp³-hybridized carbons (Fsp3) is 0.263. The molecule has 1 amide bonds. The van der Waals surface area contributed by atoms with Crippen molar-refractivity contribution in [2.75, 3.05) is 5.32 Å². The molecule has 1 aliphatic carbocycles. The molecule has 1 unspecified atom stereocenters. The van der Waals surface area contributed by atoms with Gasteiger partial charge in [-0.1, -0.05) is 35.9 Å². The number of hydrogen-bond donors (Lipinski definition) is 2. The first-order valence-electron chi connectivity index (χ1n) is 7.84. The monoisotopic (exact) mass is 344 g/mol. The van der Waals surface area contributed by atoms with Crippen molar-refractivity contribution in [3.05, 3.63) is 64.7 Å². The SMILES string of the molecule is Cc1ccc(C(N)C(=O)Nc2ccc3c(c2)C(=O)CCC3)cc1.Cl. The molecule has 1 atom stereocenters. The van der Waals surface area contributed by atoms with Gasteiger partial charge in [-0.25, -0.2) is 0 Å². The summed E-state index contributed by atoms with van der Waals surface area (Å²) in [6.45, 7) is 1.99. The molecule has 5 heteroatoms. The lowest BCUT2D eigenvalue weighted by molar-refractivity contribution is -0.117. The molecule has 0 saturated heterocycles. The summed E-state index contributed by atoms with van der Waals surface area (Å²) >= 11 is 0. The number of amides is 1. The number of aryl methyl sites for hydroxylation is 2. The second-order valence-corrected chi connectivity index (χ2v) is 6.03. The number of Topliss-reactive ketones (excluding diaryl/α,β-unsaturated/α-hetero) is 1. The fourth-order valence-corrected chi connectivity index (χ4v) is 2.85. The Morgan fingerprint density at radius 3 is 2.54 bits per heavy atom. The molecule has 1 aliphatic rings. The molecule has 126 valence electrons. The van der Waals surface area contributed by atoms with E-state index in [0.29, 0.717) is 12.1 Å². The van der Waals surface area contributed by atoms with Crippen molar-refractivity contribution >= 4 is 29.8 Å². The number of carbonyl (C=O) groups is 2. The highest BCUT2D eigenvalue weighted by Crippen LogP contribution is 2.25. The van der Waals surface area contributed by atoms with Gasteiger partial charge in [-0.05, 0) is 43.0 Å². The number of nitrogens with two attached hydrogens (primary N) is 1. The van der Waals surface area contributed by atoms with E-state index in [0.717, 1.165) is 35.1 Å². The number of anilines is 1. The van der Waals surface area contributed by atoms with E-state index >= 15 is 0 Å². The van der Waals surface area contributed by atoms with Crippen LogP contribution in [0.5, 0.6) is 0 Å². The van der Waals surface area contributed by atoms with Crippen molar-refractivity contribution in [2.45, 2.75) is 32.2 Å². The summed E-state index contributed by atoms with van der Waals surface area (Å²) in [6, 6.07) is 12.3. The van der Waals surface area contributed by atoms with Crippen molar-refractivity contribution in [2.24, 2.45) is 5.73 Å². The molecule has 3 N–H and O–H groups in total. The first-order valence-corrected chi connectivity index (χ1v) is 7.84. The topological polar surface area (TPSA) is 72.2 Å². The molecule has 3 rings (SSSR count). The number of rotatable bonds is 3. The Bertz CT molecular complexity index is 756. The van der Waals surface area contributed by atoms with Gasteiger partial charge >= 0.3 is 0 Å². The Kier molecular flexibility index (Phi) is 5.75. The number of ketones is 1. The van der Waals surface area contributed by atoms with Crippen LogP contribution in [0.25, 0.3) is 0 Å².